The first-order valence-corrected chi connectivity index (χ1v) is 8.37. The second-order valence-electron chi connectivity index (χ2n) is 6.00. The van der Waals surface area contributed by atoms with Crippen molar-refractivity contribution >= 4 is 21.8 Å². The van der Waals surface area contributed by atoms with E-state index in [0.717, 1.165) is 25.9 Å². The summed E-state index contributed by atoms with van der Waals surface area (Å²) < 4.78 is 0. The number of carbonyl (C=O) groups is 1. The van der Waals surface area contributed by atoms with Crippen molar-refractivity contribution in [2.24, 2.45) is 5.92 Å². The van der Waals surface area contributed by atoms with Crippen LogP contribution in [0.25, 0.3) is 0 Å². The lowest BCUT2D eigenvalue weighted by molar-refractivity contribution is -0.131. The van der Waals surface area contributed by atoms with Crippen LogP contribution in [0.1, 0.15) is 36.5 Å². The van der Waals surface area contributed by atoms with Crippen LogP contribution in [0.3, 0.4) is 0 Å². The summed E-state index contributed by atoms with van der Waals surface area (Å²) in [5.41, 5.74) is 3.61. The molecule has 2 nitrogen and oxygen atoms in total. The molecule has 3 heteroatoms. The molecule has 0 saturated carbocycles. The summed E-state index contributed by atoms with van der Waals surface area (Å²) in [6.07, 6.45) is 2.78. The van der Waals surface area contributed by atoms with E-state index in [0.29, 0.717) is 17.2 Å². The molecular weight excluding hydrogens is 314 g/mol. The van der Waals surface area contributed by atoms with Gasteiger partial charge in [0.15, 0.2) is 0 Å². The van der Waals surface area contributed by atoms with Gasteiger partial charge in [0.1, 0.15) is 0 Å². The highest BCUT2D eigenvalue weighted by molar-refractivity contribution is 9.09. The van der Waals surface area contributed by atoms with E-state index in [9.17, 15) is 4.79 Å². The number of hydrogen-bond acceptors (Lipinski definition) is 1. The average molecular weight is 338 g/mol. The Bertz CT molecular complexity index is 476. The fourth-order valence-corrected chi connectivity index (χ4v) is 3.40. The summed E-state index contributed by atoms with van der Waals surface area (Å²) in [5.74, 6) is 0.985. The number of carbonyl (C=O) groups excluding carboxylic acids is 1. The van der Waals surface area contributed by atoms with Crippen molar-refractivity contribution in [3.05, 3.63) is 34.9 Å². The van der Waals surface area contributed by atoms with Crippen molar-refractivity contribution < 1.29 is 4.79 Å². The van der Waals surface area contributed by atoms with E-state index in [1.807, 2.05) is 4.90 Å². The van der Waals surface area contributed by atoms with Crippen molar-refractivity contribution in [2.75, 3.05) is 13.1 Å². The first-order valence-electron chi connectivity index (χ1n) is 7.45. The maximum absolute atomic E-state index is 12.4. The largest absolute Gasteiger partial charge is 0.342 e. The van der Waals surface area contributed by atoms with Gasteiger partial charge < -0.3 is 4.90 Å². The summed E-state index contributed by atoms with van der Waals surface area (Å²) in [6, 6.07) is 6.35. The molecule has 0 spiro atoms. The van der Waals surface area contributed by atoms with Gasteiger partial charge in [-0.05, 0) is 43.7 Å². The third kappa shape index (κ3) is 3.85. The number of benzene rings is 1. The van der Waals surface area contributed by atoms with Crippen molar-refractivity contribution in [2.45, 2.75) is 44.9 Å². The van der Waals surface area contributed by atoms with Gasteiger partial charge in [-0.2, -0.15) is 0 Å². The zero-order valence-electron chi connectivity index (χ0n) is 12.7. The highest BCUT2D eigenvalue weighted by atomic mass is 79.9. The molecule has 0 aromatic heterocycles. The minimum Gasteiger partial charge on any atom is -0.342 e. The van der Waals surface area contributed by atoms with Crippen molar-refractivity contribution in [3.8, 4) is 0 Å². The molecule has 0 radical (unpaired) electrons. The van der Waals surface area contributed by atoms with Gasteiger partial charge in [0.05, 0.1) is 6.42 Å². The van der Waals surface area contributed by atoms with Crippen LogP contribution in [0.5, 0.6) is 0 Å². The van der Waals surface area contributed by atoms with E-state index < -0.39 is 0 Å². The van der Waals surface area contributed by atoms with Gasteiger partial charge in [-0.3, -0.25) is 4.79 Å². The fourth-order valence-electron chi connectivity index (χ4n) is 2.87. The predicted molar refractivity (Wildman–Crippen MR) is 87.3 cm³/mol. The molecule has 20 heavy (non-hydrogen) atoms. The molecule has 1 aliphatic rings. The summed E-state index contributed by atoms with van der Waals surface area (Å²) in [5, 5.41) is 0. The summed E-state index contributed by atoms with van der Waals surface area (Å²) in [7, 11) is 0. The maximum Gasteiger partial charge on any atom is 0.226 e. The van der Waals surface area contributed by atoms with Gasteiger partial charge in [0, 0.05) is 17.9 Å². The number of amides is 1. The first kappa shape index (κ1) is 15.6. The summed E-state index contributed by atoms with van der Waals surface area (Å²) >= 11 is 3.66. The zero-order chi connectivity index (χ0) is 14.7. The highest BCUT2D eigenvalue weighted by Gasteiger charge is 2.25. The molecule has 0 N–H and O–H groups in total. The molecule has 1 amide bonds. The topological polar surface area (TPSA) is 20.3 Å². The molecule has 1 fully saturated rings. The van der Waals surface area contributed by atoms with Crippen molar-refractivity contribution in [3.63, 3.8) is 0 Å². The van der Waals surface area contributed by atoms with Crippen LogP contribution >= 0.6 is 15.9 Å². The van der Waals surface area contributed by atoms with Gasteiger partial charge in [-0.1, -0.05) is 46.6 Å². The third-order valence-corrected chi connectivity index (χ3v) is 5.14. The van der Waals surface area contributed by atoms with Crippen LogP contribution in [0.15, 0.2) is 18.2 Å². The molecule has 1 heterocycles. The fraction of sp³-hybridized carbons (Fsp3) is 0.588. The second-order valence-corrected chi connectivity index (χ2v) is 7.45. The van der Waals surface area contributed by atoms with Crippen LogP contribution in [0.2, 0.25) is 0 Å². The number of hydrogen-bond donors (Lipinski definition) is 0. The monoisotopic (exact) mass is 337 g/mol. The molecule has 1 aromatic rings. The van der Waals surface area contributed by atoms with E-state index in [4.69, 9.17) is 0 Å². The number of piperidine rings is 1. The van der Waals surface area contributed by atoms with E-state index >= 15 is 0 Å². The van der Waals surface area contributed by atoms with Crippen LogP contribution in [-0.4, -0.2) is 28.7 Å². The van der Waals surface area contributed by atoms with Gasteiger partial charge in [-0.15, -0.1) is 0 Å². The molecule has 1 atom stereocenters. The molecular formula is C17H24BrNO. The van der Waals surface area contributed by atoms with E-state index in [-0.39, 0.29) is 5.91 Å². The van der Waals surface area contributed by atoms with Crippen LogP contribution in [0.4, 0.5) is 0 Å². The number of rotatable bonds is 3. The Balaban J connectivity index is 1.94. The van der Waals surface area contributed by atoms with Gasteiger partial charge in [-0.25, -0.2) is 0 Å². The molecule has 0 aliphatic carbocycles. The first-order chi connectivity index (χ1) is 9.47. The molecule has 110 valence electrons. The number of alkyl halides is 1. The standard InChI is InChI=1S/C17H24BrNO/c1-12-4-5-13(2)16(10-12)11-17(20)19-8-6-15(7-9-19)14(3)18/h4-5,10,14-15H,6-9,11H2,1-3H3. The lowest BCUT2D eigenvalue weighted by Gasteiger charge is -2.33. The quantitative estimate of drug-likeness (QED) is 0.766. The third-order valence-electron chi connectivity index (χ3n) is 4.39. The minimum atomic E-state index is 0.277. The van der Waals surface area contributed by atoms with Crippen molar-refractivity contribution in [1.82, 2.24) is 4.90 Å². The Morgan fingerprint density at radius 1 is 1.35 bits per heavy atom. The van der Waals surface area contributed by atoms with E-state index in [2.05, 4.69) is 54.9 Å². The Kier molecular flexibility index (Phi) is 5.25. The normalized spacial score (nSPS) is 18.1. The number of halogens is 1. The zero-order valence-corrected chi connectivity index (χ0v) is 14.2. The SMILES string of the molecule is Cc1ccc(C)c(CC(=O)N2CCC(C(C)Br)CC2)c1. The minimum absolute atomic E-state index is 0.277. The molecule has 1 unspecified atom stereocenters. The van der Waals surface area contributed by atoms with Crippen LogP contribution in [0, 0.1) is 19.8 Å². The predicted octanol–water partition coefficient (Wildman–Crippen LogP) is 3.87. The van der Waals surface area contributed by atoms with Gasteiger partial charge in [0.2, 0.25) is 5.91 Å². The summed E-state index contributed by atoms with van der Waals surface area (Å²) in [6.45, 7) is 8.18. The Labute approximate surface area is 130 Å². The van der Waals surface area contributed by atoms with E-state index in [1.165, 1.54) is 16.7 Å². The summed E-state index contributed by atoms with van der Waals surface area (Å²) in [4.78, 5) is 15.0. The lowest BCUT2D eigenvalue weighted by atomic mass is 9.93. The average Bonchev–Trinajstić information content (AvgIpc) is 2.43. The second kappa shape index (κ2) is 6.75. The lowest BCUT2D eigenvalue weighted by Crippen LogP contribution is -2.40. The smallest absolute Gasteiger partial charge is 0.226 e. The van der Waals surface area contributed by atoms with Crippen LogP contribution < -0.4 is 0 Å². The number of aryl methyl sites for hydroxylation is 2. The van der Waals surface area contributed by atoms with Gasteiger partial charge >= 0.3 is 0 Å². The maximum atomic E-state index is 12.4. The molecule has 1 aromatic carbocycles. The Hall–Kier alpha value is -0.830. The van der Waals surface area contributed by atoms with E-state index in [1.54, 1.807) is 0 Å². The molecule has 1 aliphatic heterocycles. The Morgan fingerprint density at radius 3 is 2.60 bits per heavy atom. The van der Waals surface area contributed by atoms with Crippen LogP contribution in [-0.2, 0) is 11.2 Å². The van der Waals surface area contributed by atoms with Crippen molar-refractivity contribution in [1.29, 1.82) is 0 Å². The molecule has 0 bridgehead atoms. The highest BCUT2D eigenvalue weighted by Crippen LogP contribution is 2.25. The number of likely N-dealkylation sites (tertiary alicyclic amines) is 1. The molecule has 1 saturated heterocycles. The number of nitrogens with zero attached hydrogens (tertiary/aromatic N) is 1. The molecule has 2 rings (SSSR count). The Morgan fingerprint density at radius 2 is 2.00 bits per heavy atom. The van der Waals surface area contributed by atoms with Gasteiger partial charge in [0.25, 0.3) is 0 Å².